The zero-order chi connectivity index (χ0) is 14.3. The van der Waals surface area contributed by atoms with Crippen LogP contribution < -0.4 is 5.32 Å². The summed E-state index contributed by atoms with van der Waals surface area (Å²) in [5, 5.41) is 12.3. The predicted molar refractivity (Wildman–Crippen MR) is 67.4 cm³/mol. The van der Waals surface area contributed by atoms with Gasteiger partial charge in [-0.15, -0.1) is 0 Å². The summed E-state index contributed by atoms with van der Waals surface area (Å²) in [7, 11) is 1.16. The second-order valence-corrected chi connectivity index (χ2v) is 3.72. The number of carbonyl (C=O) groups excluding carboxylic acids is 2. The summed E-state index contributed by atoms with van der Waals surface area (Å²) < 4.78 is 9.22. The number of esters is 1. The molecule has 2 atom stereocenters. The first kappa shape index (κ1) is 15.0. The molecule has 0 heterocycles. The van der Waals surface area contributed by atoms with Crippen LogP contribution in [0.4, 0.5) is 4.79 Å². The zero-order valence-corrected chi connectivity index (χ0v) is 10.8. The molecule has 1 aromatic carbocycles. The third kappa shape index (κ3) is 4.26. The minimum Gasteiger partial charge on any atom is -0.467 e. The monoisotopic (exact) mass is 267 g/mol. The van der Waals surface area contributed by atoms with Crippen LogP contribution in [-0.2, 0) is 14.3 Å². The number of amides is 1. The van der Waals surface area contributed by atoms with E-state index in [1.807, 2.05) is 0 Å². The lowest BCUT2D eigenvalue weighted by molar-refractivity contribution is -0.152. The number of methoxy groups -OCH3 is 1. The number of benzene rings is 1. The summed E-state index contributed by atoms with van der Waals surface area (Å²) in [6.45, 7) is 1.86. The smallest absolute Gasteiger partial charge is 0.407 e. The number of hydrogen-bond donors (Lipinski definition) is 2. The highest BCUT2D eigenvalue weighted by Crippen LogP contribution is 2.18. The molecule has 0 bridgehead atoms. The molecular formula is C13H17NO5. The average Bonchev–Trinajstić information content (AvgIpc) is 2.44. The van der Waals surface area contributed by atoms with Crippen molar-refractivity contribution in [3.8, 4) is 0 Å². The van der Waals surface area contributed by atoms with Crippen molar-refractivity contribution in [3.63, 3.8) is 0 Å². The Morgan fingerprint density at radius 2 is 1.95 bits per heavy atom. The summed E-state index contributed by atoms with van der Waals surface area (Å²) in [5.74, 6) is -0.828. The maximum Gasteiger partial charge on any atom is 0.407 e. The van der Waals surface area contributed by atoms with Crippen LogP contribution in [0.5, 0.6) is 0 Å². The van der Waals surface area contributed by atoms with Gasteiger partial charge in [-0.05, 0) is 12.5 Å². The quantitative estimate of drug-likeness (QED) is 0.778. The van der Waals surface area contributed by atoms with E-state index in [9.17, 15) is 14.7 Å². The number of nitrogens with one attached hydrogen (secondary N) is 1. The lowest BCUT2D eigenvalue weighted by atomic mass is 10.0. The summed E-state index contributed by atoms with van der Waals surface area (Å²) in [6, 6.07) is 7.70. The van der Waals surface area contributed by atoms with E-state index >= 15 is 0 Å². The van der Waals surface area contributed by atoms with Gasteiger partial charge in [-0.2, -0.15) is 0 Å². The van der Waals surface area contributed by atoms with Crippen molar-refractivity contribution >= 4 is 12.1 Å². The molecule has 1 rings (SSSR count). The van der Waals surface area contributed by atoms with Gasteiger partial charge < -0.3 is 19.9 Å². The van der Waals surface area contributed by atoms with Gasteiger partial charge in [0, 0.05) is 0 Å². The Labute approximate surface area is 111 Å². The number of alkyl carbamates (subject to hydrolysis) is 1. The largest absolute Gasteiger partial charge is 0.467 e. The highest BCUT2D eigenvalue weighted by Gasteiger charge is 2.30. The van der Waals surface area contributed by atoms with E-state index in [2.05, 4.69) is 10.1 Å². The molecule has 1 aromatic rings. The molecule has 0 aliphatic heterocycles. The van der Waals surface area contributed by atoms with Crippen LogP contribution in [0.2, 0.25) is 0 Å². The van der Waals surface area contributed by atoms with E-state index < -0.39 is 24.2 Å². The van der Waals surface area contributed by atoms with Crippen molar-refractivity contribution in [1.29, 1.82) is 0 Å². The molecule has 0 aliphatic carbocycles. The fraction of sp³-hybridized carbons (Fsp3) is 0.385. The van der Waals surface area contributed by atoms with E-state index in [1.165, 1.54) is 0 Å². The Balaban J connectivity index is 2.91. The van der Waals surface area contributed by atoms with E-state index in [1.54, 1.807) is 37.3 Å². The van der Waals surface area contributed by atoms with Crippen LogP contribution >= 0.6 is 0 Å². The number of carbonyl (C=O) groups is 2. The number of hydrogen-bond acceptors (Lipinski definition) is 5. The van der Waals surface area contributed by atoms with Gasteiger partial charge in [-0.1, -0.05) is 30.3 Å². The van der Waals surface area contributed by atoms with Crippen molar-refractivity contribution in [2.24, 2.45) is 0 Å². The number of aliphatic hydroxyl groups is 1. The lowest BCUT2D eigenvalue weighted by Crippen LogP contribution is -2.41. The molecule has 2 unspecified atom stereocenters. The van der Waals surface area contributed by atoms with E-state index in [4.69, 9.17) is 4.74 Å². The fourth-order valence-electron chi connectivity index (χ4n) is 1.56. The van der Waals surface area contributed by atoms with Gasteiger partial charge in [-0.25, -0.2) is 9.59 Å². The standard InChI is InChI=1S/C13H17NO5/c1-3-19-13(17)14-10(11(15)12(16)18-2)9-7-5-4-6-8-9/h4-8,10-11,15H,3H2,1-2H3,(H,14,17). The molecule has 0 aliphatic rings. The minimum absolute atomic E-state index is 0.196. The molecular weight excluding hydrogens is 250 g/mol. The first-order chi connectivity index (χ1) is 9.10. The summed E-state index contributed by atoms with van der Waals surface area (Å²) in [6.07, 6.45) is -2.21. The topological polar surface area (TPSA) is 84.9 Å². The van der Waals surface area contributed by atoms with Crippen molar-refractivity contribution in [1.82, 2.24) is 5.32 Å². The highest BCUT2D eigenvalue weighted by molar-refractivity contribution is 5.77. The molecule has 19 heavy (non-hydrogen) atoms. The summed E-state index contributed by atoms with van der Waals surface area (Å²) in [5.41, 5.74) is 0.577. The highest BCUT2D eigenvalue weighted by atomic mass is 16.6. The maximum atomic E-state index is 11.4. The lowest BCUT2D eigenvalue weighted by Gasteiger charge is -2.22. The van der Waals surface area contributed by atoms with Crippen LogP contribution in [0.3, 0.4) is 0 Å². The molecule has 0 spiro atoms. The third-order valence-electron chi connectivity index (χ3n) is 2.47. The second kappa shape index (κ2) is 7.38. The predicted octanol–water partition coefficient (Wildman–Crippen LogP) is 1.01. The molecule has 0 fully saturated rings. The molecule has 104 valence electrons. The van der Waals surface area contributed by atoms with Crippen molar-refractivity contribution in [3.05, 3.63) is 35.9 Å². The Bertz CT molecular complexity index is 420. The molecule has 0 saturated heterocycles. The van der Waals surface area contributed by atoms with Gasteiger partial charge in [0.05, 0.1) is 19.8 Å². The molecule has 6 nitrogen and oxygen atoms in total. The zero-order valence-electron chi connectivity index (χ0n) is 10.8. The third-order valence-corrected chi connectivity index (χ3v) is 2.47. The number of rotatable bonds is 5. The Morgan fingerprint density at radius 3 is 2.47 bits per heavy atom. The van der Waals surface area contributed by atoms with Gasteiger partial charge in [0.1, 0.15) is 0 Å². The molecule has 0 radical (unpaired) electrons. The first-order valence-electron chi connectivity index (χ1n) is 5.84. The van der Waals surface area contributed by atoms with Gasteiger partial charge in [-0.3, -0.25) is 0 Å². The maximum absolute atomic E-state index is 11.4. The fourth-order valence-corrected chi connectivity index (χ4v) is 1.56. The van der Waals surface area contributed by atoms with Crippen LogP contribution in [0.1, 0.15) is 18.5 Å². The molecule has 0 aromatic heterocycles. The number of aliphatic hydroxyl groups excluding tert-OH is 1. The first-order valence-corrected chi connectivity index (χ1v) is 5.84. The Hall–Kier alpha value is -2.08. The van der Waals surface area contributed by atoms with E-state index in [-0.39, 0.29) is 6.61 Å². The Kier molecular flexibility index (Phi) is 5.81. The van der Waals surface area contributed by atoms with Gasteiger partial charge >= 0.3 is 12.1 Å². The second-order valence-electron chi connectivity index (χ2n) is 3.72. The van der Waals surface area contributed by atoms with Crippen LogP contribution in [0.25, 0.3) is 0 Å². The SMILES string of the molecule is CCOC(=O)NC(c1ccccc1)C(O)C(=O)OC. The van der Waals surface area contributed by atoms with Crippen LogP contribution in [-0.4, -0.2) is 37.0 Å². The summed E-state index contributed by atoms with van der Waals surface area (Å²) >= 11 is 0. The van der Waals surface area contributed by atoms with E-state index in [0.717, 1.165) is 7.11 Å². The van der Waals surface area contributed by atoms with Gasteiger partial charge in [0.15, 0.2) is 6.10 Å². The van der Waals surface area contributed by atoms with Crippen molar-refractivity contribution in [2.75, 3.05) is 13.7 Å². The summed E-state index contributed by atoms with van der Waals surface area (Å²) in [4.78, 5) is 22.8. The number of ether oxygens (including phenoxy) is 2. The molecule has 0 saturated carbocycles. The van der Waals surface area contributed by atoms with Gasteiger partial charge in [0.25, 0.3) is 0 Å². The molecule has 1 amide bonds. The minimum atomic E-state index is -1.50. The molecule has 2 N–H and O–H groups in total. The van der Waals surface area contributed by atoms with Crippen molar-refractivity contribution in [2.45, 2.75) is 19.1 Å². The normalized spacial score (nSPS) is 13.2. The van der Waals surface area contributed by atoms with Gasteiger partial charge in [0.2, 0.25) is 0 Å². The van der Waals surface area contributed by atoms with Crippen LogP contribution in [0.15, 0.2) is 30.3 Å². The van der Waals surface area contributed by atoms with Crippen molar-refractivity contribution < 1.29 is 24.2 Å². The van der Waals surface area contributed by atoms with Crippen LogP contribution in [0, 0.1) is 0 Å². The van der Waals surface area contributed by atoms with E-state index in [0.29, 0.717) is 5.56 Å². The molecule has 6 heteroatoms. The Morgan fingerprint density at radius 1 is 1.32 bits per heavy atom. The average molecular weight is 267 g/mol.